The number of rotatable bonds is 5. The molecule has 2 aromatic rings. The fourth-order valence-electron chi connectivity index (χ4n) is 5.49. The summed E-state index contributed by atoms with van der Waals surface area (Å²) in [5.74, 6) is 1.58. The zero-order chi connectivity index (χ0) is 25.7. The van der Waals surface area contributed by atoms with Gasteiger partial charge in [-0.05, 0) is 70.8 Å². The lowest BCUT2D eigenvalue weighted by Gasteiger charge is -2.30. The van der Waals surface area contributed by atoms with Crippen LogP contribution >= 0.6 is 0 Å². The molecule has 1 saturated heterocycles. The van der Waals surface area contributed by atoms with Crippen LogP contribution in [-0.2, 0) is 22.3 Å². The van der Waals surface area contributed by atoms with Crippen molar-refractivity contribution in [2.24, 2.45) is 11.8 Å². The van der Waals surface area contributed by atoms with Gasteiger partial charge in [-0.25, -0.2) is 4.79 Å². The Hall–Kier alpha value is -2.55. The molecule has 2 aliphatic carbocycles. The van der Waals surface area contributed by atoms with Crippen LogP contribution in [0, 0.1) is 11.8 Å². The van der Waals surface area contributed by atoms with Gasteiger partial charge in [0.25, 0.3) is 0 Å². The zero-order valence-electron chi connectivity index (χ0n) is 20.9. The molecule has 1 aromatic heterocycles. The van der Waals surface area contributed by atoms with E-state index in [4.69, 9.17) is 14.0 Å². The molecule has 0 N–H and O–H groups in total. The molecule has 196 valence electrons. The van der Waals surface area contributed by atoms with Gasteiger partial charge in [0.1, 0.15) is 17.1 Å². The second kappa shape index (κ2) is 9.39. The van der Waals surface area contributed by atoms with Crippen LogP contribution < -0.4 is 0 Å². The predicted molar refractivity (Wildman–Crippen MR) is 126 cm³/mol. The van der Waals surface area contributed by atoms with Gasteiger partial charge in [0.15, 0.2) is 0 Å². The Balaban J connectivity index is 1.28. The Kier molecular flexibility index (Phi) is 6.55. The minimum atomic E-state index is -4.49. The number of aromatic nitrogens is 1. The molecule has 3 aliphatic rings. The van der Waals surface area contributed by atoms with Crippen LogP contribution in [-0.4, -0.2) is 40.9 Å². The van der Waals surface area contributed by atoms with Gasteiger partial charge in [-0.3, -0.25) is 0 Å². The maximum absolute atomic E-state index is 13.7. The van der Waals surface area contributed by atoms with Crippen molar-refractivity contribution in [2.45, 2.75) is 83.3 Å². The normalized spacial score (nSPS) is 24.6. The summed E-state index contributed by atoms with van der Waals surface area (Å²) in [5.41, 5.74) is -0.396. The molecule has 2 saturated carbocycles. The number of benzene rings is 1. The molecular formula is C27H33F3N2O4. The highest BCUT2D eigenvalue weighted by Crippen LogP contribution is 2.46. The number of fused-ring (bicyclic) bond motifs is 1. The number of carbonyl (C=O) groups excluding carboxylic acids is 1. The van der Waals surface area contributed by atoms with Crippen molar-refractivity contribution in [1.82, 2.24) is 10.1 Å². The minimum Gasteiger partial charge on any atom is -0.444 e. The Morgan fingerprint density at radius 2 is 1.81 bits per heavy atom. The topological polar surface area (TPSA) is 64.8 Å². The number of amides is 1. The Labute approximate surface area is 209 Å². The number of likely N-dealkylation sites (tertiary alicyclic amines) is 1. The van der Waals surface area contributed by atoms with Crippen LogP contribution in [0.25, 0.3) is 11.3 Å². The molecule has 9 heteroatoms. The fourth-order valence-corrected chi connectivity index (χ4v) is 5.49. The summed E-state index contributed by atoms with van der Waals surface area (Å²) >= 11 is 0. The highest BCUT2D eigenvalue weighted by atomic mass is 19.4. The van der Waals surface area contributed by atoms with Crippen molar-refractivity contribution in [3.63, 3.8) is 0 Å². The van der Waals surface area contributed by atoms with E-state index in [2.05, 4.69) is 5.16 Å². The summed E-state index contributed by atoms with van der Waals surface area (Å²) in [6.07, 6.45) is -0.318. The molecule has 0 radical (unpaired) electrons. The van der Waals surface area contributed by atoms with Crippen LogP contribution in [0.2, 0.25) is 0 Å². The summed E-state index contributed by atoms with van der Waals surface area (Å²) in [6, 6.07) is 5.47. The number of alkyl halides is 3. The van der Waals surface area contributed by atoms with Crippen LogP contribution in [0.15, 0.2) is 28.8 Å². The van der Waals surface area contributed by atoms with Gasteiger partial charge in [-0.1, -0.05) is 23.4 Å². The standard InChI is InChI=1S/C27H33F3N2O4/c1-26(2,3)35-25(33)32-13-17-10-11-19(12-18(17)14-32)34-15-21-23(31-36-24(21)16-8-9-16)20-6-4-5-7-22(20)27(28,29)30/h4-7,16-19H,8-15H2,1-3H3/t17-,18+,19+/m1/s1. The summed E-state index contributed by atoms with van der Waals surface area (Å²) in [6.45, 7) is 7.08. The van der Waals surface area contributed by atoms with E-state index >= 15 is 0 Å². The number of hydrogen-bond acceptors (Lipinski definition) is 5. The summed E-state index contributed by atoms with van der Waals surface area (Å²) in [7, 11) is 0. The van der Waals surface area contributed by atoms with E-state index < -0.39 is 17.3 Å². The summed E-state index contributed by atoms with van der Waals surface area (Å²) in [4.78, 5) is 14.3. The maximum Gasteiger partial charge on any atom is 0.417 e. The Morgan fingerprint density at radius 3 is 2.50 bits per heavy atom. The molecule has 0 bridgehead atoms. The molecule has 1 amide bonds. The van der Waals surface area contributed by atoms with Crippen LogP contribution in [0.4, 0.5) is 18.0 Å². The molecule has 0 unspecified atom stereocenters. The van der Waals surface area contributed by atoms with E-state index in [9.17, 15) is 18.0 Å². The minimum absolute atomic E-state index is 0.0201. The van der Waals surface area contributed by atoms with E-state index in [0.29, 0.717) is 36.2 Å². The predicted octanol–water partition coefficient (Wildman–Crippen LogP) is 6.79. The van der Waals surface area contributed by atoms with E-state index in [0.717, 1.165) is 38.2 Å². The molecule has 1 aliphatic heterocycles. The van der Waals surface area contributed by atoms with Crippen molar-refractivity contribution in [3.05, 3.63) is 41.2 Å². The fraction of sp³-hybridized carbons (Fsp3) is 0.630. The molecule has 36 heavy (non-hydrogen) atoms. The van der Waals surface area contributed by atoms with Crippen molar-refractivity contribution >= 4 is 6.09 Å². The number of hydrogen-bond donors (Lipinski definition) is 0. The van der Waals surface area contributed by atoms with Gasteiger partial charge in [0, 0.05) is 30.1 Å². The lowest BCUT2D eigenvalue weighted by molar-refractivity contribution is -0.137. The lowest BCUT2D eigenvalue weighted by atomic mass is 9.80. The molecule has 0 spiro atoms. The molecule has 5 rings (SSSR count). The third kappa shape index (κ3) is 5.41. The Bertz CT molecular complexity index is 1100. The zero-order valence-corrected chi connectivity index (χ0v) is 20.9. The number of carbonyl (C=O) groups is 1. The molecule has 6 nitrogen and oxygen atoms in total. The Morgan fingerprint density at radius 1 is 1.08 bits per heavy atom. The third-order valence-corrected chi connectivity index (χ3v) is 7.37. The van der Waals surface area contributed by atoms with Gasteiger partial charge < -0.3 is 18.9 Å². The maximum atomic E-state index is 13.7. The average molecular weight is 507 g/mol. The second-order valence-electron chi connectivity index (χ2n) is 11.3. The smallest absolute Gasteiger partial charge is 0.417 e. The number of ether oxygens (including phenoxy) is 2. The van der Waals surface area contributed by atoms with Gasteiger partial charge in [0.2, 0.25) is 0 Å². The molecule has 1 aromatic carbocycles. The van der Waals surface area contributed by atoms with E-state index in [-0.39, 0.29) is 36.0 Å². The SMILES string of the molecule is CC(C)(C)OC(=O)N1C[C@H]2CC[C@H](OCc3c(-c4ccccc4C(F)(F)F)noc3C3CC3)C[C@H]2C1. The quantitative estimate of drug-likeness (QED) is 0.447. The molecule has 3 fully saturated rings. The largest absolute Gasteiger partial charge is 0.444 e. The first kappa shape index (κ1) is 25.1. The van der Waals surface area contributed by atoms with Gasteiger partial charge in [-0.15, -0.1) is 0 Å². The summed E-state index contributed by atoms with van der Waals surface area (Å²) < 4.78 is 58.5. The highest BCUT2D eigenvalue weighted by Gasteiger charge is 2.42. The molecule has 3 atom stereocenters. The third-order valence-electron chi connectivity index (χ3n) is 7.37. The van der Waals surface area contributed by atoms with Crippen molar-refractivity contribution in [1.29, 1.82) is 0 Å². The number of nitrogens with zero attached hydrogens (tertiary/aromatic N) is 2. The summed E-state index contributed by atoms with van der Waals surface area (Å²) in [5, 5.41) is 4.08. The monoisotopic (exact) mass is 506 g/mol. The van der Waals surface area contributed by atoms with Gasteiger partial charge in [-0.2, -0.15) is 13.2 Å². The first-order chi connectivity index (χ1) is 17.0. The highest BCUT2D eigenvalue weighted by molar-refractivity contribution is 5.69. The van der Waals surface area contributed by atoms with Gasteiger partial charge >= 0.3 is 12.3 Å². The lowest BCUT2D eigenvalue weighted by Crippen LogP contribution is -2.35. The first-order valence-electron chi connectivity index (χ1n) is 12.7. The van der Waals surface area contributed by atoms with E-state index in [1.165, 1.54) is 12.1 Å². The average Bonchev–Trinajstić information content (AvgIpc) is 3.41. The van der Waals surface area contributed by atoms with Crippen molar-refractivity contribution in [3.8, 4) is 11.3 Å². The number of halogens is 3. The van der Waals surface area contributed by atoms with Crippen LogP contribution in [0.3, 0.4) is 0 Å². The van der Waals surface area contributed by atoms with E-state index in [1.54, 1.807) is 11.0 Å². The molecule has 2 heterocycles. The van der Waals surface area contributed by atoms with Gasteiger partial charge in [0.05, 0.1) is 18.3 Å². The second-order valence-corrected chi connectivity index (χ2v) is 11.3. The van der Waals surface area contributed by atoms with Crippen LogP contribution in [0.1, 0.15) is 75.7 Å². The van der Waals surface area contributed by atoms with Crippen molar-refractivity contribution < 1.29 is 32.0 Å². The van der Waals surface area contributed by atoms with E-state index in [1.807, 2.05) is 20.8 Å². The van der Waals surface area contributed by atoms with Crippen molar-refractivity contribution in [2.75, 3.05) is 13.1 Å². The molecular weight excluding hydrogens is 473 g/mol. The first-order valence-corrected chi connectivity index (χ1v) is 12.7. The van der Waals surface area contributed by atoms with Crippen LogP contribution in [0.5, 0.6) is 0 Å².